The largest absolute Gasteiger partial charge is 0.457 e. The molecule has 6 aromatic carbocycles. The van der Waals surface area contributed by atoms with Gasteiger partial charge in [0.25, 0.3) is 0 Å². The Labute approximate surface area is 364 Å². The summed E-state index contributed by atoms with van der Waals surface area (Å²) in [7, 11) is 0. The Kier molecular flexibility index (Phi) is 10.3. The van der Waals surface area contributed by atoms with Crippen molar-refractivity contribution in [2.75, 3.05) is 0 Å². The van der Waals surface area contributed by atoms with E-state index in [-0.39, 0.29) is 0 Å². The van der Waals surface area contributed by atoms with Gasteiger partial charge in [0.2, 0.25) is 17.7 Å². The molecule has 63 heavy (non-hydrogen) atoms. The minimum atomic E-state index is 0.498. The third kappa shape index (κ3) is 8.03. The predicted octanol–water partition coefficient (Wildman–Crippen LogP) is 14.1. The van der Waals surface area contributed by atoms with E-state index >= 15 is 0 Å². The predicted molar refractivity (Wildman–Crippen MR) is 248 cm³/mol. The number of hydrogen-bond donors (Lipinski definition) is 0. The zero-order valence-corrected chi connectivity index (χ0v) is 35.1. The summed E-state index contributed by atoms with van der Waals surface area (Å²) in [5.41, 5.74) is 11.0. The van der Waals surface area contributed by atoms with Crippen molar-refractivity contribution in [1.29, 1.82) is 0 Å². The van der Waals surface area contributed by atoms with Crippen molar-refractivity contribution in [1.82, 2.24) is 24.5 Å². The van der Waals surface area contributed by atoms with Crippen LogP contribution in [0, 0.1) is 27.7 Å². The molecule has 9 heteroatoms. The first-order valence-corrected chi connectivity index (χ1v) is 20.7. The third-order valence-corrected chi connectivity index (χ3v) is 11.0. The monoisotopic (exact) mass is 823 g/mol. The Morgan fingerprint density at radius 2 is 0.746 bits per heavy atom. The van der Waals surface area contributed by atoms with Crippen molar-refractivity contribution in [2.24, 2.45) is 0 Å². The molecule has 0 amide bonds. The van der Waals surface area contributed by atoms with Crippen molar-refractivity contribution in [3.05, 3.63) is 199 Å². The minimum absolute atomic E-state index is 0.498. The molecule has 0 bridgehead atoms. The Morgan fingerprint density at radius 1 is 0.349 bits per heavy atom. The van der Waals surface area contributed by atoms with Gasteiger partial charge in [-0.3, -0.25) is 4.57 Å². The fraction of sp³-hybridized carbons (Fsp3) is 0.0741. The van der Waals surface area contributed by atoms with Crippen molar-refractivity contribution < 1.29 is 18.9 Å². The van der Waals surface area contributed by atoms with Crippen molar-refractivity contribution >= 4 is 21.8 Å². The number of aryl methyl sites for hydroxylation is 4. The van der Waals surface area contributed by atoms with Gasteiger partial charge in [0, 0.05) is 72.0 Å². The number of pyridine rings is 2. The fourth-order valence-electron chi connectivity index (χ4n) is 8.22. The second-order valence-electron chi connectivity index (χ2n) is 15.4. The van der Waals surface area contributed by atoms with Crippen LogP contribution in [0.15, 0.2) is 176 Å². The van der Waals surface area contributed by atoms with Gasteiger partial charge in [0.1, 0.15) is 34.5 Å². The number of nitrogens with zero attached hydrogens (tertiary/aromatic N) is 5. The number of fused-ring (bicyclic) bond motifs is 3. The molecule has 0 N–H and O–H groups in total. The topological polar surface area (TPSA) is 93.4 Å². The molecule has 10 rings (SSSR count). The van der Waals surface area contributed by atoms with Gasteiger partial charge in [0.15, 0.2) is 0 Å². The molecule has 0 saturated heterocycles. The second-order valence-corrected chi connectivity index (χ2v) is 15.4. The molecular formula is C54H41N5O4. The SMILES string of the molecule is Cc1cccc(C)c1-c1ccnc(Oc2cccc(Oc3ccc4c5ccc(Oc6cccc(Oc7cc(-c8c(C)cccc8C)ccn7)c6)cc5n(-c5ncccn5)c4c3)c2)c1. The van der Waals surface area contributed by atoms with E-state index in [4.69, 9.17) is 18.9 Å². The number of aromatic nitrogens is 5. The quantitative estimate of drug-likeness (QED) is 0.127. The zero-order valence-electron chi connectivity index (χ0n) is 35.1. The summed E-state index contributed by atoms with van der Waals surface area (Å²) in [5.74, 6) is 5.23. The summed E-state index contributed by atoms with van der Waals surface area (Å²) in [6, 6.07) is 49.5. The van der Waals surface area contributed by atoms with Crippen molar-refractivity contribution in [3.63, 3.8) is 0 Å². The molecule has 4 aromatic heterocycles. The molecule has 4 heterocycles. The van der Waals surface area contributed by atoms with Crippen LogP contribution in [0.4, 0.5) is 0 Å². The Hall–Kier alpha value is -8.30. The molecule has 0 radical (unpaired) electrons. The fourth-order valence-corrected chi connectivity index (χ4v) is 8.22. The normalized spacial score (nSPS) is 11.2. The van der Waals surface area contributed by atoms with Crippen LogP contribution in [0.25, 0.3) is 50.0 Å². The molecule has 0 atom stereocenters. The van der Waals surface area contributed by atoms with Crippen molar-refractivity contribution in [3.8, 4) is 74.5 Å². The number of rotatable bonds is 11. The lowest BCUT2D eigenvalue weighted by molar-refractivity contribution is 0.449. The molecule has 0 aliphatic carbocycles. The van der Waals surface area contributed by atoms with Crippen LogP contribution in [-0.4, -0.2) is 24.5 Å². The lowest BCUT2D eigenvalue weighted by atomic mass is 9.97. The summed E-state index contributed by atoms with van der Waals surface area (Å²) in [5, 5.41) is 2.02. The summed E-state index contributed by atoms with van der Waals surface area (Å²) in [6.45, 7) is 8.46. The average Bonchev–Trinajstić information content (AvgIpc) is 3.60. The van der Waals surface area contributed by atoms with E-state index < -0.39 is 0 Å². The molecule has 0 spiro atoms. The summed E-state index contributed by atoms with van der Waals surface area (Å²) in [4.78, 5) is 18.3. The standard InChI is InChI=1S/C54H41N5O4/c1-34-10-5-11-35(2)52(34)38-22-26-55-50(28-38)62-42-16-7-14-40(30-42)60-44-18-20-46-47-21-19-45(33-49(47)59(48(46)32-44)54-57-24-9-25-58-54)61-41-15-8-17-43(31-41)63-51-29-39(23-27-56-51)53-36(3)12-6-13-37(53)4/h5-33H,1-4H3. The van der Waals surface area contributed by atoms with Crippen molar-refractivity contribution in [2.45, 2.75) is 27.7 Å². The molecule has 306 valence electrons. The first-order valence-electron chi connectivity index (χ1n) is 20.7. The van der Waals surface area contributed by atoms with E-state index in [0.29, 0.717) is 52.2 Å². The zero-order chi connectivity index (χ0) is 42.9. The maximum Gasteiger partial charge on any atom is 0.234 e. The summed E-state index contributed by atoms with van der Waals surface area (Å²) < 4.78 is 27.5. The lowest BCUT2D eigenvalue weighted by Crippen LogP contribution is -2.00. The Bertz CT molecular complexity index is 3070. The molecule has 0 fully saturated rings. The highest BCUT2D eigenvalue weighted by Crippen LogP contribution is 2.39. The van der Waals surface area contributed by atoms with Gasteiger partial charge < -0.3 is 18.9 Å². The Morgan fingerprint density at radius 3 is 1.19 bits per heavy atom. The van der Waals surface area contributed by atoms with Gasteiger partial charge in [-0.25, -0.2) is 19.9 Å². The molecule has 0 aliphatic heterocycles. The minimum Gasteiger partial charge on any atom is -0.457 e. The summed E-state index contributed by atoms with van der Waals surface area (Å²) >= 11 is 0. The highest BCUT2D eigenvalue weighted by Gasteiger charge is 2.17. The number of benzene rings is 6. The number of hydrogen-bond acceptors (Lipinski definition) is 8. The van der Waals surface area contributed by atoms with E-state index in [0.717, 1.165) is 32.9 Å². The van der Waals surface area contributed by atoms with Crippen LogP contribution in [0.2, 0.25) is 0 Å². The molecule has 0 unspecified atom stereocenters. The maximum atomic E-state index is 6.48. The van der Waals surface area contributed by atoms with E-state index in [2.05, 4.69) is 96.2 Å². The Balaban J connectivity index is 0.919. The third-order valence-electron chi connectivity index (χ3n) is 11.0. The van der Waals surface area contributed by atoms with Crippen LogP contribution >= 0.6 is 0 Å². The first-order chi connectivity index (χ1) is 30.8. The highest BCUT2D eigenvalue weighted by molar-refractivity contribution is 6.09. The highest BCUT2D eigenvalue weighted by atomic mass is 16.5. The molecular weight excluding hydrogens is 783 g/mol. The maximum absolute atomic E-state index is 6.48. The molecule has 10 aromatic rings. The number of ether oxygens (including phenoxy) is 4. The lowest BCUT2D eigenvalue weighted by Gasteiger charge is -2.12. The molecule has 9 nitrogen and oxygen atoms in total. The van der Waals surface area contributed by atoms with Gasteiger partial charge in [-0.05, 0) is 139 Å². The van der Waals surface area contributed by atoms with E-state index in [1.165, 1.54) is 33.4 Å². The molecule has 0 aliphatic rings. The average molecular weight is 824 g/mol. The second kappa shape index (κ2) is 16.6. The van der Waals surface area contributed by atoms with Crippen LogP contribution in [0.1, 0.15) is 22.3 Å². The van der Waals surface area contributed by atoms with Crippen LogP contribution in [0.5, 0.6) is 46.3 Å². The molecule has 0 saturated carbocycles. The van der Waals surface area contributed by atoms with Gasteiger partial charge in [0.05, 0.1) is 11.0 Å². The van der Waals surface area contributed by atoms with Crippen LogP contribution in [-0.2, 0) is 0 Å². The van der Waals surface area contributed by atoms with Gasteiger partial charge in [-0.1, -0.05) is 48.5 Å². The van der Waals surface area contributed by atoms with Crippen LogP contribution in [0.3, 0.4) is 0 Å². The van der Waals surface area contributed by atoms with Gasteiger partial charge in [-0.2, -0.15) is 0 Å². The summed E-state index contributed by atoms with van der Waals surface area (Å²) in [6.07, 6.45) is 7.02. The van der Waals surface area contributed by atoms with Crippen LogP contribution < -0.4 is 18.9 Å². The van der Waals surface area contributed by atoms with E-state index in [9.17, 15) is 0 Å². The van der Waals surface area contributed by atoms with E-state index in [1.807, 2.05) is 102 Å². The first kappa shape index (κ1) is 38.9. The van der Waals surface area contributed by atoms with Gasteiger partial charge in [-0.15, -0.1) is 0 Å². The smallest absolute Gasteiger partial charge is 0.234 e. The van der Waals surface area contributed by atoms with E-state index in [1.54, 1.807) is 30.9 Å². The van der Waals surface area contributed by atoms with Gasteiger partial charge >= 0.3 is 0 Å².